The summed E-state index contributed by atoms with van der Waals surface area (Å²) in [7, 11) is 0. The van der Waals surface area contributed by atoms with Gasteiger partial charge in [0.1, 0.15) is 11.3 Å². The number of hydrogen-bond acceptors (Lipinski definition) is 4. The molecule has 0 radical (unpaired) electrons. The Morgan fingerprint density at radius 2 is 1.62 bits per heavy atom. The number of pyridine rings is 2. The van der Waals surface area contributed by atoms with Gasteiger partial charge in [-0.1, -0.05) is 12.1 Å². The molecule has 6 rings (SSSR count). The van der Waals surface area contributed by atoms with Crippen LogP contribution in [0.15, 0.2) is 90.1 Å². The molecule has 1 aromatic carbocycles. The van der Waals surface area contributed by atoms with Crippen molar-refractivity contribution in [3.05, 3.63) is 95.6 Å². The fourth-order valence-corrected chi connectivity index (χ4v) is 3.87. The van der Waals surface area contributed by atoms with Crippen LogP contribution in [-0.4, -0.2) is 29.7 Å². The van der Waals surface area contributed by atoms with Crippen molar-refractivity contribution >= 4 is 38.0 Å². The summed E-state index contributed by atoms with van der Waals surface area (Å²) < 4.78 is 2.91. The Morgan fingerprint density at radius 3 is 2.41 bits per heavy atom. The Kier molecular flexibility index (Phi) is 5.24. The molecule has 8 heteroatoms. The number of aromatic amines is 2. The summed E-state index contributed by atoms with van der Waals surface area (Å²) >= 11 is 3.42. The van der Waals surface area contributed by atoms with Gasteiger partial charge in [0, 0.05) is 51.8 Å². The van der Waals surface area contributed by atoms with Crippen molar-refractivity contribution in [1.82, 2.24) is 29.7 Å². The summed E-state index contributed by atoms with van der Waals surface area (Å²) in [6, 6.07) is 19.4. The van der Waals surface area contributed by atoms with Gasteiger partial charge in [-0.3, -0.25) is 0 Å². The van der Waals surface area contributed by atoms with Gasteiger partial charge in [0.05, 0.1) is 23.0 Å². The lowest BCUT2D eigenvalue weighted by Gasteiger charge is -2.03. The summed E-state index contributed by atoms with van der Waals surface area (Å²) in [5.74, 6) is 0. The number of hydrogen-bond donors (Lipinski definition) is 2. The van der Waals surface area contributed by atoms with Crippen LogP contribution in [0.4, 0.5) is 0 Å². The molecule has 0 aliphatic carbocycles. The molecule has 0 aliphatic heterocycles. The third-order valence-corrected chi connectivity index (χ3v) is 5.66. The molecule has 0 bridgehead atoms. The first-order chi connectivity index (χ1) is 15.7. The van der Waals surface area contributed by atoms with Crippen LogP contribution in [0.5, 0.6) is 0 Å². The maximum atomic E-state index is 9.00. The molecule has 0 atom stereocenters. The number of nitriles is 1. The summed E-state index contributed by atoms with van der Waals surface area (Å²) in [6.45, 7) is 0. The standard InChI is InChI=1S/C17H11N5.C7H5BrN2/c18-11-12-2-1-3-13(10-12)15-6-9-22(21-15)16-5-8-20-17-14(16)4-7-19-17;8-6-2-4-10-7-5(6)1-3-9-7/h1-10H,(H,19,20);1-4H,(H,9,10). The summed E-state index contributed by atoms with van der Waals surface area (Å²) in [4.78, 5) is 14.5. The Labute approximate surface area is 191 Å². The summed E-state index contributed by atoms with van der Waals surface area (Å²) in [5, 5.41) is 15.8. The average Bonchev–Trinajstić information content (AvgIpc) is 3.60. The fraction of sp³-hybridized carbons (Fsp3) is 0. The van der Waals surface area contributed by atoms with E-state index in [0.29, 0.717) is 5.56 Å². The lowest BCUT2D eigenvalue weighted by atomic mass is 10.1. The van der Waals surface area contributed by atoms with Crippen LogP contribution in [0.25, 0.3) is 39.0 Å². The van der Waals surface area contributed by atoms with Gasteiger partial charge in [-0.05, 0) is 58.4 Å². The van der Waals surface area contributed by atoms with Gasteiger partial charge in [-0.25, -0.2) is 14.6 Å². The minimum absolute atomic E-state index is 0.629. The van der Waals surface area contributed by atoms with Crippen molar-refractivity contribution in [3.63, 3.8) is 0 Å². The first-order valence-corrected chi connectivity index (χ1v) is 10.6. The van der Waals surface area contributed by atoms with Crippen LogP contribution in [0.3, 0.4) is 0 Å². The molecule has 0 aliphatic rings. The average molecular weight is 482 g/mol. The monoisotopic (exact) mass is 481 g/mol. The lowest BCUT2D eigenvalue weighted by Crippen LogP contribution is -1.96. The predicted octanol–water partition coefficient (Wildman–Crippen LogP) is 5.61. The van der Waals surface area contributed by atoms with Gasteiger partial charge in [-0.15, -0.1) is 0 Å². The van der Waals surface area contributed by atoms with E-state index in [1.807, 2.05) is 71.8 Å². The molecule has 32 heavy (non-hydrogen) atoms. The molecule has 0 fully saturated rings. The molecule has 5 heterocycles. The molecule has 0 spiro atoms. The molecule has 2 N–H and O–H groups in total. The number of fused-ring (bicyclic) bond motifs is 2. The van der Waals surface area contributed by atoms with Crippen molar-refractivity contribution < 1.29 is 0 Å². The number of halogens is 1. The highest BCUT2D eigenvalue weighted by Crippen LogP contribution is 2.23. The van der Waals surface area contributed by atoms with Crippen LogP contribution in [0, 0.1) is 11.3 Å². The number of aromatic nitrogens is 6. The minimum atomic E-state index is 0.629. The fourth-order valence-electron chi connectivity index (χ4n) is 3.43. The van der Waals surface area contributed by atoms with Gasteiger partial charge >= 0.3 is 0 Å². The van der Waals surface area contributed by atoms with Crippen molar-refractivity contribution in [3.8, 4) is 23.0 Å². The van der Waals surface area contributed by atoms with Crippen molar-refractivity contribution in [2.45, 2.75) is 0 Å². The van der Waals surface area contributed by atoms with Crippen molar-refractivity contribution in [1.29, 1.82) is 5.26 Å². The Morgan fingerprint density at radius 1 is 0.875 bits per heavy atom. The SMILES string of the molecule is Brc1ccnc2[nH]ccc12.N#Cc1cccc(-c2ccn(-c3ccnc4[nH]ccc34)n2)c1. The predicted molar refractivity (Wildman–Crippen MR) is 127 cm³/mol. The molecule has 0 saturated carbocycles. The first-order valence-electron chi connectivity index (χ1n) is 9.79. The first kappa shape index (κ1) is 19.7. The highest BCUT2D eigenvalue weighted by atomic mass is 79.9. The van der Waals surface area contributed by atoms with Crippen LogP contribution in [0.2, 0.25) is 0 Å². The lowest BCUT2D eigenvalue weighted by molar-refractivity contribution is 0.890. The molecule has 0 saturated heterocycles. The van der Waals surface area contributed by atoms with Crippen LogP contribution in [0.1, 0.15) is 5.56 Å². The molecular formula is C24H16BrN7. The second-order valence-corrected chi connectivity index (χ2v) is 7.80. The molecule has 154 valence electrons. The number of nitrogens with one attached hydrogen (secondary N) is 2. The van der Waals surface area contributed by atoms with Gasteiger partial charge in [0.15, 0.2) is 0 Å². The highest BCUT2D eigenvalue weighted by molar-refractivity contribution is 9.10. The van der Waals surface area contributed by atoms with Gasteiger partial charge in [-0.2, -0.15) is 10.4 Å². The van der Waals surface area contributed by atoms with E-state index < -0.39 is 0 Å². The minimum Gasteiger partial charge on any atom is -0.346 e. The smallest absolute Gasteiger partial charge is 0.139 e. The van der Waals surface area contributed by atoms with Crippen molar-refractivity contribution in [2.75, 3.05) is 0 Å². The Hall–Kier alpha value is -4.22. The van der Waals surface area contributed by atoms with Crippen LogP contribution < -0.4 is 0 Å². The summed E-state index contributed by atoms with van der Waals surface area (Å²) in [5.41, 5.74) is 5.11. The van der Waals surface area contributed by atoms with Gasteiger partial charge < -0.3 is 9.97 Å². The van der Waals surface area contributed by atoms with E-state index in [1.54, 1.807) is 18.5 Å². The van der Waals surface area contributed by atoms with E-state index in [2.05, 4.69) is 47.0 Å². The number of nitrogens with zero attached hydrogens (tertiary/aromatic N) is 5. The Bertz CT molecular complexity index is 1570. The second kappa shape index (κ2) is 8.49. The quantitative estimate of drug-likeness (QED) is 0.335. The molecule has 7 nitrogen and oxygen atoms in total. The molecular weight excluding hydrogens is 466 g/mol. The Balaban J connectivity index is 0.000000180. The van der Waals surface area contributed by atoms with Crippen molar-refractivity contribution in [2.24, 2.45) is 0 Å². The third kappa shape index (κ3) is 3.77. The van der Waals surface area contributed by atoms with Gasteiger partial charge in [0.25, 0.3) is 0 Å². The van der Waals surface area contributed by atoms with Crippen LogP contribution >= 0.6 is 15.9 Å². The maximum absolute atomic E-state index is 9.00. The summed E-state index contributed by atoms with van der Waals surface area (Å²) in [6.07, 6.45) is 9.18. The largest absolute Gasteiger partial charge is 0.346 e. The van der Waals surface area contributed by atoms with Crippen LogP contribution in [-0.2, 0) is 0 Å². The highest BCUT2D eigenvalue weighted by Gasteiger charge is 2.08. The molecule has 0 amide bonds. The van der Waals surface area contributed by atoms with E-state index in [1.165, 1.54) is 0 Å². The molecule has 0 unspecified atom stereocenters. The number of rotatable bonds is 2. The molecule has 6 aromatic rings. The van der Waals surface area contributed by atoms with E-state index in [9.17, 15) is 0 Å². The third-order valence-electron chi connectivity index (χ3n) is 4.97. The number of benzene rings is 1. The van der Waals surface area contributed by atoms with E-state index in [-0.39, 0.29) is 0 Å². The van der Waals surface area contributed by atoms with E-state index in [0.717, 1.165) is 43.5 Å². The zero-order valence-corrected chi connectivity index (χ0v) is 18.3. The zero-order chi connectivity index (χ0) is 21.9. The van der Waals surface area contributed by atoms with E-state index in [4.69, 9.17) is 5.26 Å². The van der Waals surface area contributed by atoms with E-state index >= 15 is 0 Å². The topological polar surface area (TPSA) is 99.0 Å². The normalized spacial score (nSPS) is 10.6. The maximum Gasteiger partial charge on any atom is 0.139 e. The number of H-pyrrole nitrogens is 2. The van der Waals surface area contributed by atoms with Gasteiger partial charge in [0.2, 0.25) is 0 Å². The second-order valence-electron chi connectivity index (χ2n) is 6.94. The molecule has 5 aromatic heterocycles. The zero-order valence-electron chi connectivity index (χ0n) is 16.7.